The fraction of sp³-hybridized carbons (Fsp3) is 0.217. The van der Waals surface area contributed by atoms with Crippen LogP contribution in [0.4, 0.5) is 5.69 Å². The molecule has 7 heteroatoms. The number of esters is 1. The van der Waals surface area contributed by atoms with Gasteiger partial charge in [0.1, 0.15) is 0 Å². The highest BCUT2D eigenvalue weighted by molar-refractivity contribution is 7.92. The number of para-hydroxylation sites is 1. The number of hydrogen-bond donors (Lipinski definition) is 0. The van der Waals surface area contributed by atoms with E-state index < -0.39 is 16.0 Å². The highest BCUT2D eigenvalue weighted by Gasteiger charge is 2.21. The van der Waals surface area contributed by atoms with Gasteiger partial charge in [-0.25, -0.2) is 13.2 Å². The lowest BCUT2D eigenvalue weighted by Crippen LogP contribution is -2.26. The second-order valence-electron chi connectivity index (χ2n) is 6.84. The second-order valence-corrected chi connectivity index (χ2v) is 8.81. The Labute approximate surface area is 177 Å². The smallest absolute Gasteiger partial charge is 0.338 e. The lowest BCUT2D eigenvalue weighted by Gasteiger charge is -2.19. The van der Waals surface area contributed by atoms with Crippen LogP contribution in [0.1, 0.15) is 28.2 Å². The summed E-state index contributed by atoms with van der Waals surface area (Å²) in [5.74, 6) is -0.479. The third-order valence-electron chi connectivity index (χ3n) is 4.62. The molecule has 2 aromatic carbocycles. The zero-order valence-electron chi connectivity index (χ0n) is 17.0. The number of carbonyl (C=O) groups excluding carboxylic acids is 1. The van der Waals surface area contributed by atoms with Crippen molar-refractivity contribution in [3.63, 3.8) is 0 Å². The van der Waals surface area contributed by atoms with Crippen LogP contribution in [0.3, 0.4) is 0 Å². The van der Waals surface area contributed by atoms with Gasteiger partial charge in [0.15, 0.2) is 0 Å². The fourth-order valence-electron chi connectivity index (χ4n) is 2.94. The first-order valence-corrected chi connectivity index (χ1v) is 11.1. The maximum atomic E-state index is 12.8. The van der Waals surface area contributed by atoms with E-state index in [1.807, 2.05) is 31.2 Å². The van der Waals surface area contributed by atoms with E-state index in [9.17, 15) is 13.2 Å². The number of pyridine rings is 1. The number of rotatable bonds is 8. The molecule has 1 aromatic heterocycles. The zero-order chi connectivity index (χ0) is 21.6. The van der Waals surface area contributed by atoms with Gasteiger partial charge in [0, 0.05) is 18.4 Å². The van der Waals surface area contributed by atoms with Gasteiger partial charge in [-0.1, -0.05) is 24.3 Å². The molecule has 0 saturated carbocycles. The van der Waals surface area contributed by atoms with Gasteiger partial charge in [-0.2, -0.15) is 0 Å². The number of sulfonamides is 1. The molecule has 0 bridgehead atoms. The lowest BCUT2D eigenvalue weighted by atomic mass is 10.2. The normalized spacial score (nSPS) is 11.1. The van der Waals surface area contributed by atoms with Crippen molar-refractivity contribution in [1.82, 2.24) is 4.98 Å². The van der Waals surface area contributed by atoms with Crippen LogP contribution in [0.15, 0.2) is 77.7 Å². The number of ether oxygens (including phenoxy) is 1. The summed E-state index contributed by atoms with van der Waals surface area (Å²) in [6.07, 6.45) is 1.38. The Hall–Kier alpha value is -3.19. The number of anilines is 1. The largest absolute Gasteiger partial charge is 0.462 e. The van der Waals surface area contributed by atoms with Crippen LogP contribution in [-0.2, 0) is 21.2 Å². The van der Waals surface area contributed by atoms with E-state index in [1.54, 1.807) is 24.3 Å². The summed E-state index contributed by atoms with van der Waals surface area (Å²) in [5, 5.41) is 0. The average Bonchev–Trinajstić information content (AvgIpc) is 2.77. The molecule has 0 unspecified atom stereocenters. The van der Waals surface area contributed by atoms with Crippen molar-refractivity contribution >= 4 is 21.7 Å². The number of carbonyl (C=O) groups is 1. The number of nitrogens with zero attached hydrogens (tertiary/aromatic N) is 2. The molecular weight excluding hydrogens is 400 g/mol. The predicted molar refractivity (Wildman–Crippen MR) is 116 cm³/mol. The summed E-state index contributed by atoms with van der Waals surface area (Å²) >= 11 is 0. The van der Waals surface area contributed by atoms with Crippen LogP contribution < -0.4 is 4.31 Å². The summed E-state index contributed by atoms with van der Waals surface area (Å²) < 4.78 is 32.1. The molecule has 0 radical (unpaired) electrons. The topological polar surface area (TPSA) is 76.6 Å². The molecule has 0 fully saturated rings. The minimum atomic E-state index is -3.72. The molecule has 30 heavy (non-hydrogen) atoms. The van der Waals surface area contributed by atoms with Crippen molar-refractivity contribution < 1.29 is 17.9 Å². The van der Waals surface area contributed by atoms with Crippen LogP contribution in [0.2, 0.25) is 0 Å². The van der Waals surface area contributed by atoms with Gasteiger partial charge in [-0.05, 0) is 68.3 Å². The predicted octanol–water partition coefficient (Wildman–Crippen LogP) is 4.00. The van der Waals surface area contributed by atoms with Crippen LogP contribution in [0.5, 0.6) is 0 Å². The second kappa shape index (κ2) is 9.54. The van der Waals surface area contributed by atoms with Crippen molar-refractivity contribution in [3.8, 4) is 0 Å². The first-order chi connectivity index (χ1) is 14.4. The van der Waals surface area contributed by atoms with Crippen molar-refractivity contribution in [2.24, 2.45) is 0 Å². The van der Waals surface area contributed by atoms with E-state index in [2.05, 4.69) is 4.98 Å². The molecule has 0 atom stereocenters. The molecule has 6 nitrogen and oxygen atoms in total. The number of benzene rings is 2. The van der Waals surface area contributed by atoms with E-state index in [4.69, 9.17) is 4.74 Å². The molecule has 0 aliphatic rings. The molecule has 3 rings (SSSR count). The first-order valence-electron chi connectivity index (χ1n) is 9.61. The average molecular weight is 425 g/mol. The van der Waals surface area contributed by atoms with E-state index in [1.165, 1.54) is 35.6 Å². The van der Waals surface area contributed by atoms with Crippen molar-refractivity contribution in [3.05, 3.63) is 89.7 Å². The van der Waals surface area contributed by atoms with Crippen molar-refractivity contribution in [2.75, 3.05) is 18.0 Å². The van der Waals surface area contributed by atoms with Crippen LogP contribution >= 0.6 is 0 Å². The van der Waals surface area contributed by atoms with E-state index in [0.29, 0.717) is 17.7 Å². The minimum Gasteiger partial charge on any atom is -0.462 e. The fourth-order valence-corrected chi connectivity index (χ4v) is 4.13. The molecule has 0 N–H and O–H groups in total. The summed E-state index contributed by atoms with van der Waals surface area (Å²) in [5.41, 5.74) is 2.79. The van der Waals surface area contributed by atoms with Crippen molar-refractivity contribution in [2.45, 2.75) is 24.7 Å². The molecule has 3 aromatic rings. The Kier molecular flexibility index (Phi) is 6.84. The summed E-state index contributed by atoms with van der Waals surface area (Å²) in [4.78, 5) is 16.8. The maximum absolute atomic E-state index is 12.8. The van der Waals surface area contributed by atoms with Gasteiger partial charge < -0.3 is 4.74 Å². The number of hydrogen-bond acceptors (Lipinski definition) is 5. The van der Waals surface area contributed by atoms with Gasteiger partial charge in [-0.3, -0.25) is 9.29 Å². The quantitative estimate of drug-likeness (QED) is 0.403. The minimum absolute atomic E-state index is 0.107. The summed E-state index contributed by atoms with van der Waals surface area (Å²) in [7, 11) is -2.22. The molecule has 0 spiro atoms. The first kappa shape index (κ1) is 21.5. The van der Waals surface area contributed by atoms with Gasteiger partial charge in [0.05, 0.1) is 22.8 Å². The van der Waals surface area contributed by atoms with E-state index >= 15 is 0 Å². The van der Waals surface area contributed by atoms with Gasteiger partial charge in [0.25, 0.3) is 10.0 Å². The van der Waals surface area contributed by atoms with Crippen LogP contribution in [0, 0.1) is 6.92 Å². The molecule has 0 amide bonds. The Bertz CT molecular complexity index is 1100. The van der Waals surface area contributed by atoms with E-state index in [-0.39, 0.29) is 11.5 Å². The Morgan fingerprint density at radius 3 is 2.33 bits per heavy atom. The summed E-state index contributed by atoms with van der Waals surface area (Å²) in [6, 6.07) is 20.4. The molecule has 0 aliphatic carbocycles. The zero-order valence-corrected chi connectivity index (χ0v) is 17.8. The Balaban J connectivity index is 1.57. The molecule has 1 heterocycles. The van der Waals surface area contributed by atoms with E-state index in [0.717, 1.165) is 17.8 Å². The SMILES string of the molecule is Cc1cccc(CCCOC(=O)c2ccc(S(=O)(=O)N(C)c3ccccc3)cc2)n1. The molecule has 0 saturated heterocycles. The van der Waals surface area contributed by atoms with Crippen LogP contribution in [-0.4, -0.2) is 33.0 Å². The highest BCUT2D eigenvalue weighted by Crippen LogP contribution is 2.22. The van der Waals surface area contributed by atoms with Crippen LogP contribution in [0.25, 0.3) is 0 Å². The maximum Gasteiger partial charge on any atom is 0.338 e. The van der Waals surface area contributed by atoms with Gasteiger partial charge in [0.2, 0.25) is 0 Å². The lowest BCUT2D eigenvalue weighted by molar-refractivity contribution is 0.0500. The Morgan fingerprint density at radius 1 is 0.967 bits per heavy atom. The van der Waals surface area contributed by atoms with Gasteiger partial charge in [-0.15, -0.1) is 0 Å². The number of aromatic nitrogens is 1. The standard InChI is InChI=1S/C23H24N2O4S/c1-18-8-6-9-20(24-18)10-7-17-29-23(26)19-13-15-22(16-14-19)30(27,28)25(2)21-11-4-3-5-12-21/h3-6,8-9,11-16H,7,10,17H2,1-2H3. The third kappa shape index (κ3) is 5.24. The molecular formula is C23H24N2O4S. The highest BCUT2D eigenvalue weighted by atomic mass is 32.2. The number of aryl methyl sites for hydroxylation is 2. The van der Waals surface area contributed by atoms with Crippen molar-refractivity contribution in [1.29, 1.82) is 0 Å². The monoisotopic (exact) mass is 424 g/mol. The third-order valence-corrected chi connectivity index (χ3v) is 6.42. The molecule has 0 aliphatic heterocycles. The molecule has 156 valence electrons. The Morgan fingerprint density at radius 2 is 1.67 bits per heavy atom. The summed E-state index contributed by atoms with van der Waals surface area (Å²) in [6.45, 7) is 2.20. The van der Waals surface area contributed by atoms with Gasteiger partial charge >= 0.3 is 5.97 Å².